The molecular weight excluding hydrogens is 352 g/mol. The van der Waals surface area contributed by atoms with Crippen molar-refractivity contribution in [1.82, 2.24) is 5.32 Å². The van der Waals surface area contributed by atoms with E-state index in [0.717, 1.165) is 4.88 Å². The molecule has 0 fully saturated rings. The first-order valence-electron chi connectivity index (χ1n) is 8.32. The zero-order chi connectivity index (χ0) is 18.9. The SMILES string of the molecule is COc1ccc(NC(=O)C[C@@H](C)CC(=O)NCc2cccs2)c(OC)c1. The fourth-order valence-corrected chi connectivity index (χ4v) is 3.12. The zero-order valence-electron chi connectivity index (χ0n) is 15.2. The van der Waals surface area contributed by atoms with Gasteiger partial charge in [-0.05, 0) is 29.5 Å². The summed E-state index contributed by atoms with van der Waals surface area (Å²) < 4.78 is 10.4. The quantitative estimate of drug-likeness (QED) is 0.703. The van der Waals surface area contributed by atoms with Gasteiger partial charge in [0.1, 0.15) is 11.5 Å². The van der Waals surface area contributed by atoms with Gasteiger partial charge >= 0.3 is 0 Å². The Balaban J connectivity index is 1.80. The highest BCUT2D eigenvalue weighted by Crippen LogP contribution is 2.29. The number of ether oxygens (including phenoxy) is 2. The fourth-order valence-electron chi connectivity index (χ4n) is 2.48. The molecule has 7 heteroatoms. The number of carbonyl (C=O) groups is 2. The van der Waals surface area contributed by atoms with E-state index in [-0.39, 0.29) is 24.2 Å². The van der Waals surface area contributed by atoms with Gasteiger partial charge in [0.05, 0.1) is 26.5 Å². The molecule has 0 radical (unpaired) electrons. The molecule has 26 heavy (non-hydrogen) atoms. The fraction of sp³-hybridized carbons (Fsp3) is 0.368. The van der Waals surface area contributed by atoms with E-state index in [2.05, 4.69) is 10.6 Å². The minimum atomic E-state index is -0.160. The van der Waals surface area contributed by atoms with Crippen molar-refractivity contribution in [1.29, 1.82) is 0 Å². The first-order chi connectivity index (χ1) is 12.5. The van der Waals surface area contributed by atoms with Crippen molar-refractivity contribution in [3.63, 3.8) is 0 Å². The predicted molar refractivity (Wildman–Crippen MR) is 103 cm³/mol. The topological polar surface area (TPSA) is 76.7 Å². The van der Waals surface area contributed by atoms with Crippen molar-refractivity contribution in [3.05, 3.63) is 40.6 Å². The van der Waals surface area contributed by atoms with Crippen molar-refractivity contribution in [2.75, 3.05) is 19.5 Å². The minimum Gasteiger partial charge on any atom is -0.497 e. The Kier molecular flexibility index (Phi) is 7.47. The van der Waals surface area contributed by atoms with Crippen LogP contribution in [0.2, 0.25) is 0 Å². The third-order valence-corrected chi connectivity index (χ3v) is 4.67. The molecule has 0 unspecified atom stereocenters. The summed E-state index contributed by atoms with van der Waals surface area (Å²) in [6.45, 7) is 2.41. The predicted octanol–water partition coefficient (Wildman–Crippen LogP) is 3.44. The van der Waals surface area contributed by atoms with Crippen molar-refractivity contribution in [2.45, 2.75) is 26.3 Å². The van der Waals surface area contributed by atoms with Gasteiger partial charge in [0, 0.05) is 23.8 Å². The van der Waals surface area contributed by atoms with Crippen LogP contribution in [0.4, 0.5) is 5.69 Å². The molecule has 0 spiro atoms. The van der Waals surface area contributed by atoms with E-state index in [4.69, 9.17) is 9.47 Å². The summed E-state index contributed by atoms with van der Waals surface area (Å²) in [6.07, 6.45) is 0.556. The molecule has 0 aliphatic heterocycles. The number of amides is 2. The van der Waals surface area contributed by atoms with E-state index in [1.807, 2.05) is 24.4 Å². The third kappa shape index (κ3) is 6.07. The van der Waals surface area contributed by atoms with Crippen LogP contribution in [0.1, 0.15) is 24.6 Å². The van der Waals surface area contributed by atoms with Gasteiger partial charge in [-0.1, -0.05) is 13.0 Å². The van der Waals surface area contributed by atoms with Crippen LogP contribution in [0, 0.1) is 5.92 Å². The zero-order valence-corrected chi connectivity index (χ0v) is 16.0. The van der Waals surface area contributed by atoms with Gasteiger partial charge in [-0.15, -0.1) is 11.3 Å². The summed E-state index contributed by atoms with van der Waals surface area (Å²) >= 11 is 1.60. The number of benzene rings is 1. The Morgan fingerprint density at radius 3 is 2.54 bits per heavy atom. The highest BCUT2D eigenvalue weighted by molar-refractivity contribution is 7.09. The van der Waals surface area contributed by atoms with Crippen molar-refractivity contribution in [2.24, 2.45) is 5.92 Å². The summed E-state index contributed by atoms with van der Waals surface area (Å²) in [6, 6.07) is 9.11. The lowest BCUT2D eigenvalue weighted by Gasteiger charge is -2.14. The molecule has 2 amide bonds. The van der Waals surface area contributed by atoms with Gasteiger partial charge in [0.15, 0.2) is 0 Å². The van der Waals surface area contributed by atoms with E-state index >= 15 is 0 Å². The van der Waals surface area contributed by atoms with E-state index in [1.54, 1.807) is 36.6 Å². The molecule has 1 aromatic carbocycles. The Bertz CT molecular complexity index is 731. The number of methoxy groups -OCH3 is 2. The Morgan fingerprint density at radius 1 is 1.12 bits per heavy atom. The van der Waals surface area contributed by atoms with Crippen molar-refractivity contribution < 1.29 is 19.1 Å². The summed E-state index contributed by atoms with van der Waals surface area (Å²) in [5.41, 5.74) is 0.577. The summed E-state index contributed by atoms with van der Waals surface area (Å²) in [4.78, 5) is 25.3. The van der Waals surface area contributed by atoms with E-state index in [1.165, 1.54) is 7.11 Å². The van der Waals surface area contributed by atoms with Crippen LogP contribution in [0.15, 0.2) is 35.7 Å². The third-order valence-electron chi connectivity index (χ3n) is 3.79. The van der Waals surface area contributed by atoms with Crippen molar-refractivity contribution >= 4 is 28.8 Å². The van der Waals surface area contributed by atoms with Crippen LogP contribution in [-0.4, -0.2) is 26.0 Å². The Morgan fingerprint density at radius 2 is 1.88 bits per heavy atom. The van der Waals surface area contributed by atoms with Gasteiger partial charge in [0.25, 0.3) is 0 Å². The van der Waals surface area contributed by atoms with Gasteiger partial charge in [0.2, 0.25) is 11.8 Å². The second-order valence-corrected chi connectivity index (χ2v) is 7.02. The molecule has 6 nitrogen and oxygen atoms in total. The first kappa shape index (κ1) is 19.8. The van der Waals surface area contributed by atoms with Crippen LogP contribution in [-0.2, 0) is 16.1 Å². The number of hydrogen-bond donors (Lipinski definition) is 2. The highest BCUT2D eigenvalue weighted by Gasteiger charge is 2.15. The second kappa shape index (κ2) is 9.82. The summed E-state index contributed by atoms with van der Waals surface area (Å²) in [7, 11) is 3.10. The number of carbonyl (C=O) groups excluding carboxylic acids is 2. The van der Waals surface area contributed by atoms with Crippen LogP contribution in [0.25, 0.3) is 0 Å². The van der Waals surface area contributed by atoms with Gasteiger partial charge in [-0.3, -0.25) is 9.59 Å². The number of anilines is 1. The van der Waals surface area contributed by atoms with Gasteiger partial charge < -0.3 is 20.1 Å². The highest BCUT2D eigenvalue weighted by atomic mass is 32.1. The van der Waals surface area contributed by atoms with Crippen LogP contribution in [0.5, 0.6) is 11.5 Å². The molecule has 0 saturated heterocycles. The minimum absolute atomic E-state index is 0.0549. The number of thiophene rings is 1. The molecule has 2 N–H and O–H groups in total. The first-order valence-corrected chi connectivity index (χ1v) is 9.20. The largest absolute Gasteiger partial charge is 0.497 e. The van der Waals surface area contributed by atoms with E-state index < -0.39 is 0 Å². The van der Waals surface area contributed by atoms with Gasteiger partial charge in [-0.2, -0.15) is 0 Å². The van der Waals surface area contributed by atoms with Crippen LogP contribution >= 0.6 is 11.3 Å². The molecule has 1 atom stereocenters. The molecule has 140 valence electrons. The standard InChI is InChI=1S/C19H24N2O4S/c1-13(9-18(22)20-12-15-5-4-8-26-15)10-19(23)21-16-7-6-14(24-2)11-17(16)25-3/h4-8,11,13H,9-10,12H2,1-3H3,(H,20,22)(H,21,23)/t13-/m0/s1. The monoisotopic (exact) mass is 376 g/mol. The molecule has 2 aromatic rings. The average Bonchev–Trinajstić information content (AvgIpc) is 3.13. The molecule has 2 rings (SSSR count). The number of hydrogen-bond acceptors (Lipinski definition) is 5. The van der Waals surface area contributed by atoms with Crippen molar-refractivity contribution in [3.8, 4) is 11.5 Å². The lowest BCUT2D eigenvalue weighted by atomic mass is 10.0. The van der Waals surface area contributed by atoms with Crippen LogP contribution < -0.4 is 20.1 Å². The summed E-state index contributed by atoms with van der Waals surface area (Å²) in [5.74, 6) is 0.894. The molecule has 0 aliphatic rings. The maximum atomic E-state index is 12.2. The Hall–Kier alpha value is -2.54. The maximum Gasteiger partial charge on any atom is 0.224 e. The lowest BCUT2D eigenvalue weighted by molar-refractivity contribution is -0.122. The second-order valence-electron chi connectivity index (χ2n) is 5.98. The average molecular weight is 376 g/mol. The summed E-state index contributed by atoms with van der Waals surface area (Å²) in [5, 5.41) is 7.67. The van der Waals surface area contributed by atoms with E-state index in [0.29, 0.717) is 30.2 Å². The normalized spacial score (nSPS) is 11.5. The number of nitrogens with one attached hydrogen (secondary N) is 2. The molecular formula is C19H24N2O4S. The molecule has 0 bridgehead atoms. The molecule has 1 heterocycles. The van der Waals surface area contributed by atoms with Gasteiger partial charge in [-0.25, -0.2) is 0 Å². The molecule has 0 saturated carbocycles. The lowest BCUT2D eigenvalue weighted by Crippen LogP contribution is -2.25. The molecule has 0 aliphatic carbocycles. The smallest absolute Gasteiger partial charge is 0.224 e. The Labute approximate surface area is 157 Å². The number of rotatable bonds is 9. The maximum absolute atomic E-state index is 12.2. The molecule has 1 aromatic heterocycles. The van der Waals surface area contributed by atoms with E-state index in [9.17, 15) is 9.59 Å². The van der Waals surface area contributed by atoms with Crippen LogP contribution in [0.3, 0.4) is 0 Å².